The molecule has 0 bridgehead atoms. The van der Waals surface area contributed by atoms with Gasteiger partial charge in [-0.15, -0.1) is 5.10 Å². The molecule has 3 N–H and O–H groups in total. The third-order valence-electron chi connectivity index (χ3n) is 3.21. The molecule has 0 atom stereocenters. The van der Waals surface area contributed by atoms with Crippen LogP contribution >= 0.6 is 11.8 Å². The van der Waals surface area contributed by atoms with E-state index in [1.54, 1.807) is 6.21 Å². The second kappa shape index (κ2) is 8.90. The minimum Gasteiger partial charge on any atom is -0.320 e. The second-order valence-corrected chi connectivity index (χ2v) is 6.12. The van der Waals surface area contributed by atoms with Crippen molar-refractivity contribution < 1.29 is 13.6 Å². The first kappa shape index (κ1) is 18.5. The summed E-state index contributed by atoms with van der Waals surface area (Å²) in [5, 5.41) is 13.0. The molecular formula is C17H14F2N6OS. The minimum atomic E-state index is -0.839. The number of anilines is 2. The highest BCUT2D eigenvalue weighted by molar-refractivity contribution is 7.99. The van der Waals surface area contributed by atoms with Crippen molar-refractivity contribution in [2.45, 2.75) is 5.16 Å². The number of hydrogen-bond donors (Lipinski definition) is 3. The number of thioether (sulfide) groups is 1. The number of nitrogens with zero attached hydrogens (tertiary/aromatic N) is 3. The zero-order valence-electron chi connectivity index (χ0n) is 13.8. The van der Waals surface area contributed by atoms with Gasteiger partial charge in [0, 0.05) is 0 Å². The van der Waals surface area contributed by atoms with Crippen LogP contribution in [-0.2, 0) is 4.79 Å². The number of aromatic amines is 1. The van der Waals surface area contributed by atoms with E-state index >= 15 is 0 Å². The van der Waals surface area contributed by atoms with Gasteiger partial charge in [0.25, 0.3) is 0 Å². The van der Waals surface area contributed by atoms with Gasteiger partial charge in [-0.2, -0.15) is 10.1 Å². The summed E-state index contributed by atoms with van der Waals surface area (Å²) in [5.41, 5.74) is 3.12. The van der Waals surface area contributed by atoms with Gasteiger partial charge in [-0.3, -0.25) is 4.79 Å². The molecule has 27 heavy (non-hydrogen) atoms. The summed E-state index contributed by atoms with van der Waals surface area (Å²) >= 11 is 1.01. The smallest absolute Gasteiger partial charge is 0.240 e. The van der Waals surface area contributed by atoms with E-state index in [2.05, 4.69) is 31.0 Å². The van der Waals surface area contributed by atoms with Crippen molar-refractivity contribution in [1.29, 1.82) is 0 Å². The van der Waals surface area contributed by atoms with Crippen LogP contribution in [0.3, 0.4) is 0 Å². The summed E-state index contributed by atoms with van der Waals surface area (Å²) < 4.78 is 27.0. The lowest BCUT2D eigenvalue weighted by molar-refractivity contribution is -0.113. The monoisotopic (exact) mass is 388 g/mol. The van der Waals surface area contributed by atoms with Crippen molar-refractivity contribution >= 4 is 35.5 Å². The average molecular weight is 388 g/mol. The summed E-state index contributed by atoms with van der Waals surface area (Å²) in [5.74, 6) is -2.07. The number of hydrazone groups is 1. The largest absolute Gasteiger partial charge is 0.320 e. The Morgan fingerprint density at radius 3 is 2.63 bits per heavy atom. The Bertz CT molecular complexity index is 927. The Morgan fingerprint density at radius 1 is 1.15 bits per heavy atom. The SMILES string of the molecule is O=C(CSc1n[nH]c(N/N=C\c2ccccc2)n1)Nc1c(F)cccc1F. The number of para-hydroxylation sites is 1. The highest BCUT2D eigenvalue weighted by Crippen LogP contribution is 2.19. The maximum Gasteiger partial charge on any atom is 0.240 e. The maximum absolute atomic E-state index is 13.5. The molecule has 0 unspecified atom stereocenters. The number of carbonyl (C=O) groups is 1. The Kier molecular flexibility index (Phi) is 6.10. The van der Waals surface area contributed by atoms with Gasteiger partial charge in [0.1, 0.15) is 17.3 Å². The van der Waals surface area contributed by atoms with Gasteiger partial charge in [-0.05, 0) is 17.7 Å². The first-order valence-corrected chi connectivity index (χ1v) is 8.73. The van der Waals surface area contributed by atoms with E-state index in [0.717, 1.165) is 29.5 Å². The Hall–Kier alpha value is -3.27. The molecule has 0 aliphatic heterocycles. The van der Waals surface area contributed by atoms with Crippen LogP contribution in [0.1, 0.15) is 5.56 Å². The number of benzene rings is 2. The Balaban J connectivity index is 1.49. The summed E-state index contributed by atoms with van der Waals surface area (Å²) in [7, 11) is 0. The van der Waals surface area contributed by atoms with Crippen LogP contribution in [0.15, 0.2) is 58.8 Å². The lowest BCUT2D eigenvalue weighted by Crippen LogP contribution is -2.16. The highest BCUT2D eigenvalue weighted by atomic mass is 32.2. The van der Waals surface area contributed by atoms with E-state index in [0.29, 0.717) is 5.95 Å². The Morgan fingerprint density at radius 2 is 1.89 bits per heavy atom. The van der Waals surface area contributed by atoms with Crippen LogP contribution in [0.5, 0.6) is 0 Å². The van der Waals surface area contributed by atoms with Gasteiger partial charge in [0.05, 0.1) is 12.0 Å². The van der Waals surface area contributed by atoms with E-state index in [9.17, 15) is 13.6 Å². The molecule has 0 radical (unpaired) electrons. The molecule has 0 saturated heterocycles. The van der Waals surface area contributed by atoms with Crippen LogP contribution < -0.4 is 10.7 Å². The van der Waals surface area contributed by atoms with Gasteiger partial charge in [0.2, 0.25) is 17.0 Å². The van der Waals surface area contributed by atoms with Gasteiger partial charge in [0.15, 0.2) is 0 Å². The summed E-state index contributed by atoms with van der Waals surface area (Å²) in [6.07, 6.45) is 1.62. The van der Waals surface area contributed by atoms with Crippen LogP contribution in [0.2, 0.25) is 0 Å². The van der Waals surface area contributed by atoms with Crippen molar-refractivity contribution in [3.05, 3.63) is 65.7 Å². The lowest BCUT2D eigenvalue weighted by atomic mass is 10.2. The predicted octanol–water partition coefficient (Wildman–Crippen LogP) is 3.26. The third kappa shape index (κ3) is 5.35. The van der Waals surface area contributed by atoms with E-state index in [1.807, 2.05) is 30.3 Å². The molecule has 0 spiro atoms. The molecule has 3 aromatic rings. The van der Waals surface area contributed by atoms with Gasteiger partial charge in [-0.25, -0.2) is 19.3 Å². The van der Waals surface area contributed by atoms with E-state index in [-0.39, 0.29) is 10.9 Å². The zero-order valence-corrected chi connectivity index (χ0v) is 14.6. The van der Waals surface area contributed by atoms with Crippen molar-refractivity contribution in [2.75, 3.05) is 16.5 Å². The standard InChI is InChI=1S/C17H14F2N6OS/c18-12-7-4-8-13(19)15(12)21-14(26)10-27-17-22-16(24-25-17)23-20-9-11-5-2-1-3-6-11/h1-9H,10H2,(H,21,26)(H2,22,23,24,25)/b20-9-. The van der Waals surface area contributed by atoms with Crippen molar-refractivity contribution in [2.24, 2.45) is 5.10 Å². The number of hydrogen-bond acceptors (Lipinski definition) is 6. The van der Waals surface area contributed by atoms with Gasteiger partial charge < -0.3 is 5.32 Å². The Labute approximate surface area is 157 Å². The number of halogens is 2. The van der Waals surface area contributed by atoms with Crippen molar-refractivity contribution in [1.82, 2.24) is 15.2 Å². The lowest BCUT2D eigenvalue weighted by Gasteiger charge is -2.06. The van der Waals surface area contributed by atoms with Gasteiger partial charge >= 0.3 is 0 Å². The van der Waals surface area contributed by atoms with Crippen LogP contribution in [-0.4, -0.2) is 33.1 Å². The number of rotatable bonds is 7. The number of aromatic nitrogens is 3. The molecule has 1 aromatic heterocycles. The van der Waals surface area contributed by atoms with E-state index < -0.39 is 23.2 Å². The first-order chi connectivity index (χ1) is 13.1. The zero-order chi connectivity index (χ0) is 19.1. The number of amides is 1. The molecule has 1 amide bonds. The quantitative estimate of drug-likeness (QED) is 0.328. The number of nitrogens with one attached hydrogen (secondary N) is 3. The van der Waals surface area contributed by atoms with Crippen molar-refractivity contribution in [3.8, 4) is 0 Å². The summed E-state index contributed by atoms with van der Waals surface area (Å²) in [6, 6.07) is 12.8. The van der Waals surface area contributed by atoms with Gasteiger partial charge in [-0.1, -0.05) is 48.2 Å². The van der Waals surface area contributed by atoms with Crippen molar-refractivity contribution in [3.63, 3.8) is 0 Å². The molecule has 3 rings (SSSR count). The highest BCUT2D eigenvalue weighted by Gasteiger charge is 2.13. The third-order valence-corrected chi connectivity index (χ3v) is 4.06. The second-order valence-electron chi connectivity index (χ2n) is 5.18. The summed E-state index contributed by atoms with van der Waals surface area (Å²) in [6.45, 7) is 0. The molecule has 0 saturated carbocycles. The van der Waals surface area contributed by atoms with E-state index in [1.165, 1.54) is 6.07 Å². The molecule has 7 nitrogen and oxygen atoms in total. The number of carbonyl (C=O) groups excluding carboxylic acids is 1. The topological polar surface area (TPSA) is 95.1 Å². The molecular weight excluding hydrogens is 374 g/mol. The predicted molar refractivity (Wildman–Crippen MR) is 99.8 cm³/mol. The van der Waals surface area contributed by atoms with E-state index in [4.69, 9.17) is 0 Å². The fraction of sp³-hybridized carbons (Fsp3) is 0.0588. The van der Waals surface area contributed by atoms with Crippen LogP contribution in [0.25, 0.3) is 0 Å². The first-order valence-electron chi connectivity index (χ1n) is 7.75. The molecule has 138 valence electrons. The fourth-order valence-corrected chi connectivity index (χ4v) is 2.59. The normalized spacial score (nSPS) is 10.9. The fourth-order valence-electron chi connectivity index (χ4n) is 1.99. The number of H-pyrrole nitrogens is 1. The minimum absolute atomic E-state index is 0.113. The van der Waals surface area contributed by atoms with Crippen LogP contribution in [0.4, 0.5) is 20.4 Å². The molecule has 2 aromatic carbocycles. The molecule has 0 aliphatic rings. The molecule has 0 fully saturated rings. The molecule has 0 aliphatic carbocycles. The summed E-state index contributed by atoms with van der Waals surface area (Å²) in [4.78, 5) is 16.0. The maximum atomic E-state index is 13.5. The average Bonchev–Trinajstić information content (AvgIpc) is 3.12. The molecule has 1 heterocycles. The molecule has 10 heteroatoms. The van der Waals surface area contributed by atoms with Crippen LogP contribution in [0, 0.1) is 11.6 Å².